The molecular weight excluding hydrogens is 350 g/mol. The maximum absolute atomic E-state index is 11.6. The zero-order valence-corrected chi connectivity index (χ0v) is 13.9. The predicted molar refractivity (Wildman–Crippen MR) is 86.3 cm³/mol. The fraction of sp³-hybridized carbons (Fsp3) is 0.154. The van der Waals surface area contributed by atoms with Crippen LogP contribution in [-0.2, 0) is 11.0 Å². The molecule has 0 aliphatic carbocycles. The van der Waals surface area contributed by atoms with Gasteiger partial charge in [-0.25, -0.2) is 4.98 Å². The van der Waals surface area contributed by atoms with Crippen molar-refractivity contribution in [2.24, 2.45) is 0 Å². The molecule has 22 heavy (non-hydrogen) atoms. The third-order valence-electron chi connectivity index (χ3n) is 2.88. The summed E-state index contributed by atoms with van der Waals surface area (Å²) in [6.45, 7) is 1.82. The van der Waals surface area contributed by atoms with E-state index in [1.807, 2.05) is 6.92 Å². The molecule has 1 aromatic carbocycles. The van der Waals surface area contributed by atoms with Gasteiger partial charge in [-0.3, -0.25) is 10.1 Å². The molecule has 1 heterocycles. The van der Waals surface area contributed by atoms with Crippen LogP contribution in [0, 0.1) is 10.1 Å². The number of nitrogens with zero attached hydrogens (tertiary/aromatic N) is 2. The van der Waals surface area contributed by atoms with Crippen LogP contribution in [-0.4, -0.2) is 9.91 Å². The second kappa shape index (κ2) is 7.09. The van der Waals surface area contributed by atoms with Gasteiger partial charge in [0.2, 0.25) is 5.88 Å². The molecule has 0 bridgehead atoms. The molecule has 0 spiro atoms. The monoisotopic (exact) mass is 360 g/mol. The van der Waals surface area contributed by atoms with Crippen molar-refractivity contribution in [1.29, 1.82) is 0 Å². The van der Waals surface area contributed by atoms with E-state index < -0.39 is 12.1 Å². The second-order valence-corrected chi connectivity index (χ2v) is 6.83. The Kier molecular flexibility index (Phi) is 5.40. The van der Waals surface area contributed by atoms with Crippen LogP contribution in [0.3, 0.4) is 0 Å². The Morgan fingerprint density at radius 3 is 2.64 bits per heavy atom. The molecule has 1 aromatic heterocycles. The highest BCUT2D eigenvalue weighted by Crippen LogP contribution is 2.36. The fourth-order valence-corrected chi connectivity index (χ4v) is 3.00. The summed E-state index contributed by atoms with van der Waals surface area (Å²) in [5, 5.41) is 11.5. The molecular formula is C13H11Cl2N2O4P. The van der Waals surface area contributed by atoms with E-state index in [1.165, 1.54) is 18.3 Å². The SMILES string of the molecule is CCc1cc([N+](=O)[O-])c([PH](=O)Cl)cc1Oc1ccc(Cl)cn1. The van der Waals surface area contributed by atoms with Crippen molar-refractivity contribution in [2.75, 3.05) is 0 Å². The summed E-state index contributed by atoms with van der Waals surface area (Å²) in [4.78, 5) is 14.4. The van der Waals surface area contributed by atoms with Crippen molar-refractivity contribution >= 4 is 41.0 Å². The lowest BCUT2D eigenvalue weighted by Gasteiger charge is -2.11. The Labute approximate surface area is 136 Å². The average molecular weight is 361 g/mol. The lowest BCUT2D eigenvalue weighted by molar-refractivity contribution is -0.383. The molecule has 2 rings (SSSR count). The maximum Gasteiger partial charge on any atom is 0.281 e. The number of pyridine rings is 1. The van der Waals surface area contributed by atoms with Crippen LogP contribution in [0.1, 0.15) is 12.5 Å². The summed E-state index contributed by atoms with van der Waals surface area (Å²) in [6.07, 6.45) is 1.91. The number of nitro benzene ring substituents is 1. The standard InChI is InChI=1S/C13H11Cl2N2O4P/c1-2-8-5-10(17(18)19)12(22(15)20)6-11(8)21-13-4-3-9(14)7-16-13/h3-7,22H,2H2,1H3. The lowest BCUT2D eigenvalue weighted by atomic mass is 10.1. The quantitative estimate of drug-likeness (QED) is 0.450. The van der Waals surface area contributed by atoms with Crippen LogP contribution in [0.2, 0.25) is 5.02 Å². The van der Waals surface area contributed by atoms with E-state index >= 15 is 0 Å². The molecule has 0 saturated heterocycles. The van der Waals surface area contributed by atoms with Gasteiger partial charge in [0.05, 0.1) is 9.95 Å². The minimum absolute atomic E-state index is 0.0437. The minimum Gasteiger partial charge on any atom is -0.439 e. The van der Waals surface area contributed by atoms with E-state index in [4.69, 9.17) is 27.6 Å². The third-order valence-corrected chi connectivity index (χ3v) is 4.54. The minimum atomic E-state index is -2.77. The van der Waals surface area contributed by atoms with E-state index in [-0.39, 0.29) is 16.9 Å². The molecule has 0 saturated carbocycles. The van der Waals surface area contributed by atoms with E-state index in [2.05, 4.69) is 4.98 Å². The van der Waals surface area contributed by atoms with Crippen LogP contribution in [0.25, 0.3) is 0 Å². The number of aromatic nitrogens is 1. The molecule has 0 aliphatic heterocycles. The summed E-state index contributed by atoms with van der Waals surface area (Å²) >= 11 is 11.3. The summed E-state index contributed by atoms with van der Waals surface area (Å²) in [5.41, 5.74) is 0.319. The molecule has 1 unspecified atom stereocenters. The van der Waals surface area contributed by atoms with Crippen LogP contribution >= 0.6 is 30.0 Å². The summed E-state index contributed by atoms with van der Waals surface area (Å²) in [7, 11) is -2.77. The van der Waals surface area contributed by atoms with Crippen LogP contribution in [0.4, 0.5) is 5.69 Å². The maximum atomic E-state index is 11.6. The van der Waals surface area contributed by atoms with E-state index in [9.17, 15) is 14.7 Å². The zero-order valence-electron chi connectivity index (χ0n) is 11.4. The van der Waals surface area contributed by atoms with Crippen molar-refractivity contribution < 1.29 is 14.2 Å². The molecule has 116 valence electrons. The van der Waals surface area contributed by atoms with Gasteiger partial charge < -0.3 is 9.30 Å². The Morgan fingerprint density at radius 2 is 2.14 bits per heavy atom. The molecule has 2 aromatic rings. The fourth-order valence-electron chi connectivity index (χ4n) is 1.83. The molecule has 6 nitrogen and oxygen atoms in total. The molecule has 0 N–H and O–H groups in total. The van der Waals surface area contributed by atoms with Gasteiger partial charge in [-0.15, -0.1) is 0 Å². The summed E-state index contributed by atoms with van der Waals surface area (Å²) in [5.74, 6) is 0.602. The van der Waals surface area contributed by atoms with Gasteiger partial charge in [0, 0.05) is 23.9 Å². The molecule has 0 fully saturated rings. The number of ether oxygens (including phenoxy) is 1. The molecule has 1 atom stereocenters. The highest BCUT2D eigenvalue weighted by atomic mass is 35.7. The number of hydrogen-bond acceptors (Lipinski definition) is 5. The van der Waals surface area contributed by atoms with Gasteiger partial charge in [0.1, 0.15) is 11.1 Å². The van der Waals surface area contributed by atoms with Gasteiger partial charge in [-0.1, -0.05) is 29.8 Å². The first kappa shape index (κ1) is 16.7. The first-order valence-electron chi connectivity index (χ1n) is 6.23. The van der Waals surface area contributed by atoms with Gasteiger partial charge in [-0.2, -0.15) is 0 Å². The smallest absolute Gasteiger partial charge is 0.281 e. The Morgan fingerprint density at radius 1 is 1.41 bits per heavy atom. The number of nitro groups is 1. The number of benzene rings is 1. The van der Waals surface area contributed by atoms with Gasteiger partial charge in [0.25, 0.3) is 5.69 Å². The van der Waals surface area contributed by atoms with E-state index in [1.54, 1.807) is 12.1 Å². The molecule has 0 amide bonds. The summed E-state index contributed by atoms with van der Waals surface area (Å²) < 4.78 is 17.2. The third kappa shape index (κ3) is 3.77. The van der Waals surface area contributed by atoms with Crippen molar-refractivity contribution in [3.05, 3.63) is 51.2 Å². The van der Waals surface area contributed by atoms with Crippen molar-refractivity contribution in [1.82, 2.24) is 4.98 Å². The first-order valence-corrected chi connectivity index (χ1v) is 9.02. The van der Waals surface area contributed by atoms with Crippen molar-refractivity contribution in [3.63, 3.8) is 0 Å². The van der Waals surface area contributed by atoms with E-state index in [0.717, 1.165) is 0 Å². The molecule has 0 radical (unpaired) electrons. The lowest BCUT2D eigenvalue weighted by Crippen LogP contribution is -2.07. The summed E-state index contributed by atoms with van der Waals surface area (Å²) in [6, 6.07) is 5.83. The Bertz CT molecular complexity index is 738. The molecule has 9 heteroatoms. The predicted octanol–water partition coefficient (Wildman–Crippen LogP) is 4.34. The number of aryl methyl sites for hydroxylation is 1. The number of hydrogen-bond donors (Lipinski definition) is 0. The van der Waals surface area contributed by atoms with Crippen LogP contribution in [0.15, 0.2) is 30.5 Å². The number of halogens is 2. The normalized spacial score (nSPS) is 12.0. The highest BCUT2D eigenvalue weighted by molar-refractivity contribution is 7.80. The zero-order chi connectivity index (χ0) is 16.3. The Hall–Kier alpha value is -1.62. The van der Waals surface area contributed by atoms with Crippen molar-refractivity contribution in [3.8, 4) is 11.6 Å². The largest absolute Gasteiger partial charge is 0.439 e. The van der Waals surface area contributed by atoms with Gasteiger partial charge in [-0.05, 0) is 18.6 Å². The topological polar surface area (TPSA) is 82.3 Å². The highest BCUT2D eigenvalue weighted by Gasteiger charge is 2.22. The first-order chi connectivity index (χ1) is 10.4. The van der Waals surface area contributed by atoms with Crippen LogP contribution < -0.4 is 10.0 Å². The van der Waals surface area contributed by atoms with Gasteiger partial charge in [0.15, 0.2) is 7.15 Å². The second-order valence-electron chi connectivity index (χ2n) is 4.28. The molecule has 0 aliphatic rings. The number of rotatable bonds is 5. The van der Waals surface area contributed by atoms with Crippen molar-refractivity contribution in [2.45, 2.75) is 13.3 Å². The average Bonchev–Trinajstić information content (AvgIpc) is 2.48. The Balaban J connectivity index is 2.50. The van der Waals surface area contributed by atoms with E-state index in [0.29, 0.717) is 22.8 Å². The van der Waals surface area contributed by atoms with Crippen LogP contribution in [0.5, 0.6) is 11.6 Å². The van der Waals surface area contributed by atoms with Gasteiger partial charge >= 0.3 is 0 Å².